The number of aliphatic carboxylic acids is 1. The van der Waals surface area contributed by atoms with Crippen LogP contribution < -0.4 is 15.4 Å². The van der Waals surface area contributed by atoms with E-state index < -0.39 is 12.0 Å². The van der Waals surface area contributed by atoms with E-state index in [1.807, 2.05) is 54.6 Å². The topological polar surface area (TPSA) is 105 Å². The monoisotopic (exact) mass is 576 g/mol. The van der Waals surface area contributed by atoms with Crippen LogP contribution in [0.25, 0.3) is 0 Å². The highest BCUT2D eigenvalue weighted by molar-refractivity contribution is 6.12. The van der Waals surface area contributed by atoms with Crippen LogP contribution in [0.1, 0.15) is 57.5 Å². The van der Waals surface area contributed by atoms with E-state index in [2.05, 4.69) is 10.6 Å². The van der Waals surface area contributed by atoms with Crippen molar-refractivity contribution in [1.82, 2.24) is 0 Å². The molecule has 1 atom stereocenters. The predicted molar refractivity (Wildman–Crippen MR) is 168 cm³/mol. The summed E-state index contributed by atoms with van der Waals surface area (Å²) in [7, 11) is 0. The van der Waals surface area contributed by atoms with Gasteiger partial charge >= 0.3 is 5.97 Å². The molecule has 7 nitrogen and oxygen atoms in total. The quantitative estimate of drug-likeness (QED) is 0.111. The van der Waals surface area contributed by atoms with Crippen LogP contribution in [-0.4, -0.2) is 41.8 Å². The molecular weight excluding hydrogens is 540 g/mol. The molecule has 0 saturated heterocycles. The highest BCUT2D eigenvalue weighted by Crippen LogP contribution is 2.30. The van der Waals surface area contributed by atoms with Crippen molar-refractivity contribution in [3.05, 3.63) is 125 Å². The van der Waals surface area contributed by atoms with E-state index in [4.69, 9.17) is 4.74 Å². The van der Waals surface area contributed by atoms with Gasteiger partial charge in [0.25, 0.3) is 0 Å². The third kappa shape index (κ3) is 7.68. The molecule has 7 heteroatoms. The molecule has 0 amide bonds. The first-order valence-electron chi connectivity index (χ1n) is 14.8. The maximum Gasteiger partial charge on any atom is 0.326 e. The van der Waals surface area contributed by atoms with E-state index in [1.54, 1.807) is 48.5 Å². The minimum Gasteiger partial charge on any atom is -0.492 e. The van der Waals surface area contributed by atoms with Gasteiger partial charge in [-0.05, 0) is 54.8 Å². The van der Waals surface area contributed by atoms with Crippen LogP contribution in [0.5, 0.6) is 5.75 Å². The second-order valence-electron chi connectivity index (χ2n) is 10.8. The van der Waals surface area contributed by atoms with Gasteiger partial charge in [-0.15, -0.1) is 0 Å². The molecule has 1 fully saturated rings. The van der Waals surface area contributed by atoms with Crippen LogP contribution in [0, 0.1) is 5.92 Å². The van der Waals surface area contributed by atoms with Crippen LogP contribution in [0.15, 0.2) is 103 Å². The van der Waals surface area contributed by atoms with Crippen molar-refractivity contribution >= 4 is 28.9 Å². The van der Waals surface area contributed by atoms with Crippen molar-refractivity contribution in [2.75, 3.05) is 23.8 Å². The van der Waals surface area contributed by atoms with E-state index in [0.717, 1.165) is 42.5 Å². The second-order valence-corrected chi connectivity index (χ2v) is 10.8. The Kier molecular flexibility index (Phi) is 9.85. The van der Waals surface area contributed by atoms with Crippen LogP contribution in [0.3, 0.4) is 0 Å². The molecule has 0 bridgehead atoms. The summed E-state index contributed by atoms with van der Waals surface area (Å²) in [5, 5.41) is 16.4. The molecule has 0 aromatic heterocycles. The Morgan fingerprint density at radius 2 is 1.40 bits per heavy atom. The number of nitrogens with one attached hydrogen (secondary N) is 2. The smallest absolute Gasteiger partial charge is 0.326 e. The van der Waals surface area contributed by atoms with Crippen molar-refractivity contribution < 1.29 is 24.2 Å². The lowest BCUT2D eigenvalue weighted by Crippen LogP contribution is -2.32. The van der Waals surface area contributed by atoms with Gasteiger partial charge in [0.1, 0.15) is 18.4 Å². The number of carboxylic acids is 1. The molecule has 1 saturated carbocycles. The Labute approximate surface area is 251 Å². The first-order chi connectivity index (χ1) is 21.0. The number of para-hydroxylation sites is 2. The van der Waals surface area contributed by atoms with Crippen molar-refractivity contribution in [3.8, 4) is 5.75 Å². The molecule has 0 aliphatic heterocycles. The fourth-order valence-electron chi connectivity index (χ4n) is 5.51. The normalized spacial score (nSPS) is 13.7. The second kappa shape index (κ2) is 14.3. The molecule has 1 aliphatic rings. The van der Waals surface area contributed by atoms with Crippen LogP contribution in [0.4, 0.5) is 11.4 Å². The van der Waals surface area contributed by atoms with Gasteiger partial charge in [-0.25, -0.2) is 4.79 Å². The lowest BCUT2D eigenvalue weighted by molar-refractivity contribution is -0.137. The minimum absolute atomic E-state index is 0.125. The summed E-state index contributed by atoms with van der Waals surface area (Å²) in [6.07, 6.45) is 4.40. The largest absolute Gasteiger partial charge is 0.492 e. The third-order valence-electron chi connectivity index (χ3n) is 7.80. The molecule has 4 aromatic carbocycles. The number of anilines is 2. The highest BCUT2D eigenvalue weighted by Gasteiger charge is 2.25. The van der Waals surface area contributed by atoms with Crippen molar-refractivity contribution in [2.45, 2.75) is 38.1 Å². The Morgan fingerprint density at radius 1 is 0.767 bits per heavy atom. The number of carboxylic acid groups (broad SMARTS) is 1. The zero-order valence-corrected chi connectivity index (χ0v) is 24.0. The summed E-state index contributed by atoms with van der Waals surface area (Å²) in [5.41, 5.74) is 3.82. The molecule has 3 N–H and O–H groups in total. The standard InChI is InChI=1S/C36H36N2O5/c39-34(27-12-4-5-13-27)29-14-6-8-16-31(29)37-22-23-43-28-20-18-25(19-21-28)24-33(36(41)42)38-32-17-9-7-15-30(32)35(40)26-10-2-1-3-11-26/h1-3,6-11,14-21,27,33,37-38H,4-5,12-13,22-24H2,(H,41,42). The fraction of sp³-hybridized carbons (Fsp3) is 0.250. The number of ether oxygens (including phenoxy) is 1. The summed E-state index contributed by atoms with van der Waals surface area (Å²) >= 11 is 0. The first-order valence-corrected chi connectivity index (χ1v) is 14.8. The van der Waals surface area contributed by atoms with Gasteiger partial charge < -0.3 is 20.5 Å². The zero-order valence-electron chi connectivity index (χ0n) is 24.0. The number of benzene rings is 4. The summed E-state index contributed by atoms with van der Waals surface area (Å²) in [5.74, 6) is -0.176. The summed E-state index contributed by atoms with van der Waals surface area (Å²) in [6, 6.07) is 29.9. The molecule has 4 aromatic rings. The highest BCUT2D eigenvalue weighted by atomic mass is 16.5. The predicted octanol–water partition coefficient (Wildman–Crippen LogP) is 6.89. The average Bonchev–Trinajstić information content (AvgIpc) is 3.59. The van der Waals surface area contributed by atoms with Gasteiger partial charge in [-0.1, -0.05) is 79.6 Å². The van der Waals surface area contributed by atoms with Crippen molar-refractivity contribution in [3.63, 3.8) is 0 Å². The molecule has 5 rings (SSSR count). The number of ketones is 2. The number of carbonyl (C=O) groups is 3. The van der Waals surface area contributed by atoms with Gasteiger partial charge in [0.15, 0.2) is 11.6 Å². The van der Waals surface area contributed by atoms with Crippen molar-refractivity contribution in [1.29, 1.82) is 0 Å². The SMILES string of the molecule is O=C(c1ccccc1)c1ccccc1NC(Cc1ccc(OCCNc2ccccc2C(=O)C2CCCC2)cc1)C(=O)O. The number of rotatable bonds is 14. The molecule has 1 aliphatic carbocycles. The fourth-order valence-corrected chi connectivity index (χ4v) is 5.51. The number of hydrogen-bond acceptors (Lipinski definition) is 6. The molecule has 0 radical (unpaired) electrons. The molecule has 1 unspecified atom stereocenters. The van der Waals surface area contributed by atoms with E-state index in [-0.39, 0.29) is 23.9 Å². The maximum absolute atomic E-state index is 13.1. The van der Waals surface area contributed by atoms with E-state index in [9.17, 15) is 19.5 Å². The average molecular weight is 577 g/mol. The Balaban J connectivity index is 1.15. The Hall–Kier alpha value is -4.91. The first kappa shape index (κ1) is 29.6. The molecule has 220 valence electrons. The maximum atomic E-state index is 13.1. The van der Waals surface area contributed by atoms with Gasteiger partial charge in [0.05, 0.1) is 0 Å². The summed E-state index contributed by atoms with van der Waals surface area (Å²) < 4.78 is 5.90. The zero-order chi connectivity index (χ0) is 30.0. The lowest BCUT2D eigenvalue weighted by Gasteiger charge is -2.18. The number of Topliss-reactive ketones (excluding diaryl/α,β-unsaturated/α-hetero) is 1. The molecule has 0 heterocycles. The van der Waals surface area contributed by atoms with Gasteiger partial charge in [-0.3, -0.25) is 9.59 Å². The van der Waals surface area contributed by atoms with Crippen molar-refractivity contribution in [2.24, 2.45) is 5.92 Å². The Bertz CT molecular complexity index is 1550. The van der Waals surface area contributed by atoms with E-state index >= 15 is 0 Å². The molecule has 0 spiro atoms. The van der Waals surface area contributed by atoms with Crippen LogP contribution in [-0.2, 0) is 11.2 Å². The van der Waals surface area contributed by atoms with Gasteiger partial charge in [-0.2, -0.15) is 0 Å². The third-order valence-corrected chi connectivity index (χ3v) is 7.80. The van der Waals surface area contributed by atoms with Gasteiger partial charge in [0.2, 0.25) is 0 Å². The molecule has 43 heavy (non-hydrogen) atoms. The number of hydrogen-bond donors (Lipinski definition) is 3. The minimum atomic E-state index is -1.01. The van der Waals surface area contributed by atoms with Crippen LogP contribution in [0.2, 0.25) is 0 Å². The lowest BCUT2D eigenvalue weighted by atomic mass is 9.95. The van der Waals surface area contributed by atoms with Crippen LogP contribution >= 0.6 is 0 Å². The summed E-state index contributed by atoms with van der Waals surface area (Å²) in [4.78, 5) is 38.2. The van der Waals surface area contributed by atoms with E-state index in [1.165, 1.54) is 0 Å². The number of carbonyl (C=O) groups excluding carboxylic acids is 2. The summed E-state index contributed by atoms with van der Waals surface area (Å²) in [6.45, 7) is 0.930. The molecular formula is C36H36N2O5. The Morgan fingerprint density at radius 3 is 2.09 bits per heavy atom. The van der Waals surface area contributed by atoms with Gasteiger partial charge in [0, 0.05) is 46.9 Å². The van der Waals surface area contributed by atoms with E-state index in [0.29, 0.717) is 35.7 Å².